The molecule has 0 aliphatic heterocycles. The quantitative estimate of drug-likeness (QED) is 0.928. The number of benzene rings is 1. The summed E-state index contributed by atoms with van der Waals surface area (Å²) in [4.78, 5) is 4.09. The lowest BCUT2D eigenvalue weighted by Crippen LogP contribution is -2.19. The van der Waals surface area contributed by atoms with Crippen LogP contribution in [0.25, 0.3) is 0 Å². The van der Waals surface area contributed by atoms with Gasteiger partial charge in [0.25, 0.3) is 0 Å². The van der Waals surface area contributed by atoms with Crippen molar-refractivity contribution in [2.24, 2.45) is 0 Å². The third-order valence-corrected chi connectivity index (χ3v) is 3.18. The van der Waals surface area contributed by atoms with Crippen LogP contribution in [-0.2, 0) is 6.54 Å². The van der Waals surface area contributed by atoms with Crippen LogP contribution < -0.4 is 5.32 Å². The van der Waals surface area contributed by atoms with Crippen molar-refractivity contribution in [2.45, 2.75) is 19.5 Å². The minimum atomic E-state index is -0.176. The molecule has 1 unspecified atom stereocenters. The summed E-state index contributed by atoms with van der Waals surface area (Å²) < 4.78 is 14.5. The van der Waals surface area contributed by atoms with Gasteiger partial charge in [0.15, 0.2) is 0 Å². The summed E-state index contributed by atoms with van der Waals surface area (Å²) in [5.41, 5.74) is 1.74. The van der Waals surface area contributed by atoms with Crippen molar-refractivity contribution < 1.29 is 4.39 Å². The van der Waals surface area contributed by atoms with E-state index in [1.54, 1.807) is 24.5 Å². The predicted octanol–water partition coefficient (Wildman–Crippen LogP) is 3.83. The average Bonchev–Trinajstić information content (AvgIpc) is 2.37. The van der Waals surface area contributed by atoms with Crippen LogP contribution in [0.3, 0.4) is 0 Å². The van der Waals surface area contributed by atoms with Gasteiger partial charge < -0.3 is 5.32 Å². The molecule has 1 heterocycles. The maximum Gasteiger partial charge on any atom is 0.127 e. The molecule has 0 aliphatic carbocycles. The Morgan fingerprint density at radius 2 is 2.11 bits per heavy atom. The predicted molar refractivity (Wildman–Crippen MR) is 73.6 cm³/mol. The molecule has 0 amide bonds. The van der Waals surface area contributed by atoms with Crippen LogP contribution >= 0.6 is 15.9 Å². The Kier molecular flexibility index (Phi) is 4.44. The Bertz CT molecular complexity index is 531. The molecule has 0 spiro atoms. The molecule has 1 aromatic carbocycles. The van der Waals surface area contributed by atoms with Crippen LogP contribution in [0, 0.1) is 5.82 Å². The van der Waals surface area contributed by atoms with Gasteiger partial charge in [-0.05, 0) is 40.5 Å². The molecule has 0 saturated heterocycles. The molecule has 1 N–H and O–H groups in total. The highest BCUT2D eigenvalue weighted by Gasteiger charge is 2.09. The Labute approximate surface area is 114 Å². The van der Waals surface area contributed by atoms with Gasteiger partial charge >= 0.3 is 0 Å². The summed E-state index contributed by atoms with van der Waals surface area (Å²) in [7, 11) is 0. The maximum absolute atomic E-state index is 13.6. The third-order valence-electron chi connectivity index (χ3n) is 2.75. The van der Waals surface area contributed by atoms with Gasteiger partial charge in [0.05, 0.1) is 0 Å². The normalized spacial score (nSPS) is 12.4. The first-order valence-electron chi connectivity index (χ1n) is 5.74. The zero-order chi connectivity index (χ0) is 13.0. The first-order chi connectivity index (χ1) is 8.66. The van der Waals surface area contributed by atoms with Gasteiger partial charge in [0.1, 0.15) is 5.82 Å². The lowest BCUT2D eigenvalue weighted by molar-refractivity contribution is 0.528. The highest BCUT2D eigenvalue weighted by Crippen LogP contribution is 2.17. The van der Waals surface area contributed by atoms with E-state index in [2.05, 4.69) is 26.2 Å². The van der Waals surface area contributed by atoms with Crippen LogP contribution in [0.1, 0.15) is 24.1 Å². The monoisotopic (exact) mass is 308 g/mol. The lowest BCUT2D eigenvalue weighted by atomic mass is 10.1. The number of pyridine rings is 1. The SMILES string of the molecule is CC(NCc1cncc(Br)c1)c1ccccc1F. The van der Waals surface area contributed by atoms with Crippen LogP contribution in [0.15, 0.2) is 47.2 Å². The summed E-state index contributed by atoms with van der Waals surface area (Å²) in [5.74, 6) is -0.176. The third kappa shape index (κ3) is 3.37. The topological polar surface area (TPSA) is 24.9 Å². The fraction of sp³-hybridized carbons (Fsp3) is 0.214. The highest BCUT2D eigenvalue weighted by atomic mass is 79.9. The smallest absolute Gasteiger partial charge is 0.127 e. The van der Waals surface area contributed by atoms with Crippen molar-refractivity contribution in [2.75, 3.05) is 0 Å². The maximum atomic E-state index is 13.6. The summed E-state index contributed by atoms with van der Waals surface area (Å²) >= 11 is 3.38. The Balaban J connectivity index is 2.00. The molecule has 0 radical (unpaired) electrons. The van der Waals surface area contributed by atoms with Gasteiger partial charge in [-0.25, -0.2) is 4.39 Å². The zero-order valence-corrected chi connectivity index (χ0v) is 11.6. The number of halogens is 2. The molecule has 18 heavy (non-hydrogen) atoms. The van der Waals surface area contributed by atoms with E-state index >= 15 is 0 Å². The minimum absolute atomic E-state index is 0.0369. The van der Waals surface area contributed by atoms with E-state index in [1.807, 2.05) is 19.1 Å². The van der Waals surface area contributed by atoms with E-state index in [4.69, 9.17) is 0 Å². The molecule has 1 aromatic heterocycles. The van der Waals surface area contributed by atoms with Crippen LogP contribution in [-0.4, -0.2) is 4.98 Å². The molecule has 0 fully saturated rings. The molecule has 4 heteroatoms. The van der Waals surface area contributed by atoms with Crippen LogP contribution in [0.2, 0.25) is 0 Å². The summed E-state index contributed by atoms with van der Waals surface area (Å²) in [5, 5.41) is 3.28. The van der Waals surface area contributed by atoms with E-state index in [0.717, 1.165) is 10.0 Å². The fourth-order valence-corrected chi connectivity index (χ4v) is 2.17. The number of rotatable bonds is 4. The van der Waals surface area contributed by atoms with E-state index < -0.39 is 0 Å². The van der Waals surface area contributed by atoms with Crippen molar-refractivity contribution >= 4 is 15.9 Å². The Morgan fingerprint density at radius 1 is 1.33 bits per heavy atom. The molecular weight excluding hydrogens is 295 g/mol. The van der Waals surface area contributed by atoms with Gasteiger partial charge in [-0.15, -0.1) is 0 Å². The van der Waals surface area contributed by atoms with E-state index in [9.17, 15) is 4.39 Å². The fourth-order valence-electron chi connectivity index (χ4n) is 1.76. The van der Waals surface area contributed by atoms with E-state index in [0.29, 0.717) is 12.1 Å². The van der Waals surface area contributed by atoms with Crippen LogP contribution in [0.4, 0.5) is 4.39 Å². The first-order valence-corrected chi connectivity index (χ1v) is 6.53. The number of hydrogen-bond donors (Lipinski definition) is 1. The molecule has 2 aromatic rings. The second kappa shape index (κ2) is 6.07. The van der Waals surface area contributed by atoms with Crippen molar-refractivity contribution in [1.29, 1.82) is 0 Å². The Morgan fingerprint density at radius 3 is 2.83 bits per heavy atom. The number of nitrogens with zero attached hydrogens (tertiary/aromatic N) is 1. The van der Waals surface area contributed by atoms with Crippen molar-refractivity contribution in [3.63, 3.8) is 0 Å². The second-order valence-electron chi connectivity index (χ2n) is 4.14. The lowest BCUT2D eigenvalue weighted by Gasteiger charge is -2.15. The number of hydrogen-bond acceptors (Lipinski definition) is 2. The number of nitrogens with one attached hydrogen (secondary N) is 1. The second-order valence-corrected chi connectivity index (χ2v) is 5.05. The number of aromatic nitrogens is 1. The van der Waals surface area contributed by atoms with Gasteiger partial charge in [0, 0.05) is 35.0 Å². The molecule has 94 valence electrons. The van der Waals surface area contributed by atoms with E-state index in [-0.39, 0.29) is 11.9 Å². The first kappa shape index (κ1) is 13.2. The van der Waals surface area contributed by atoms with Gasteiger partial charge in [-0.3, -0.25) is 4.98 Å². The molecule has 0 aliphatic rings. The minimum Gasteiger partial charge on any atom is -0.306 e. The molecule has 1 atom stereocenters. The largest absolute Gasteiger partial charge is 0.306 e. The van der Waals surface area contributed by atoms with Gasteiger partial charge in [-0.2, -0.15) is 0 Å². The molecular formula is C14H14BrFN2. The molecule has 0 bridgehead atoms. The highest BCUT2D eigenvalue weighted by molar-refractivity contribution is 9.10. The average molecular weight is 309 g/mol. The van der Waals surface area contributed by atoms with Gasteiger partial charge in [-0.1, -0.05) is 18.2 Å². The summed E-state index contributed by atoms with van der Waals surface area (Å²) in [6, 6.07) is 8.78. The van der Waals surface area contributed by atoms with Gasteiger partial charge in [0.2, 0.25) is 0 Å². The standard InChI is InChI=1S/C14H14BrFN2/c1-10(13-4-2-3-5-14(13)16)18-8-11-6-12(15)9-17-7-11/h2-7,9-10,18H,8H2,1H3. The van der Waals surface area contributed by atoms with Crippen molar-refractivity contribution in [3.8, 4) is 0 Å². The summed E-state index contributed by atoms with van der Waals surface area (Å²) in [6.07, 6.45) is 3.54. The Hall–Kier alpha value is -1.26. The van der Waals surface area contributed by atoms with Crippen LogP contribution in [0.5, 0.6) is 0 Å². The zero-order valence-electron chi connectivity index (χ0n) is 10.0. The molecule has 2 nitrogen and oxygen atoms in total. The molecule has 2 rings (SSSR count). The van der Waals surface area contributed by atoms with Crippen molar-refractivity contribution in [3.05, 3.63) is 64.1 Å². The molecule has 0 saturated carbocycles. The summed E-state index contributed by atoms with van der Waals surface area (Å²) in [6.45, 7) is 2.60. The van der Waals surface area contributed by atoms with E-state index in [1.165, 1.54) is 6.07 Å². The van der Waals surface area contributed by atoms with Crippen molar-refractivity contribution in [1.82, 2.24) is 10.3 Å².